The van der Waals surface area contributed by atoms with E-state index in [0.717, 1.165) is 23.1 Å². The molecule has 200 valence electrons. The number of Topliss-reactive ketones (excluding diaryl/α,β-unsaturated/α-hetero) is 1. The number of hydrogen-bond acceptors (Lipinski definition) is 8. The molecule has 0 saturated carbocycles. The molecule has 11 heteroatoms. The van der Waals surface area contributed by atoms with Crippen molar-refractivity contribution in [3.05, 3.63) is 82.4 Å². The van der Waals surface area contributed by atoms with Crippen molar-refractivity contribution < 1.29 is 29.0 Å². The highest BCUT2D eigenvalue weighted by Crippen LogP contribution is 2.37. The Morgan fingerprint density at radius 2 is 2.00 bits per heavy atom. The summed E-state index contributed by atoms with van der Waals surface area (Å²) in [6.45, 7) is 1.69. The second-order valence-electron chi connectivity index (χ2n) is 9.57. The van der Waals surface area contributed by atoms with Crippen LogP contribution in [0.25, 0.3) is 0 Å². The largest absolute Gasteiger partial charge is 0.482 e. The van der Waals surface area contributed by atoms with E-state index >= 15 is 0 Å². The van der Waals surface area contributed by atoms with Crippen LogP contribution in [0.1, 0.15) is 62.6 Å². The van der Waals surface area contributed by atoms with Crippen LogP contribution in [0.15, 0.2) is 48.8 Å². The van der Waals surface area contributed by atoms with Gasteiger partial charge in [0.2, 0.25) is 0 Å². The highest BCUT2D eigenvalue weighted by molar-refractivity contribution is 5.96. The minimum Gasteiger partial charge on any atom is -0.482 e. The fourth-order valence-corrected chi connectivity index (χ4v) is 4.97. The molecule has 1 atom stereocenters. The number of ketones is 1. The maximum absolute atomic E-state index is 12.9. The number of hydrogen-bond donors (Lipinski definition) is 3. The summed E-state index contributed by atoms with van der Waals surface area (Å²) >= 11 is 0. The van der Waals surface area contributed by atoms with Crippen LogP contribution in [0.5, 0.6) is 5.75 Å². The number of benzene rings is 2. The molecule has 1 aliphatic heterocycles. The lowest BCUT2D eigenvalue weighted by Gasteiger charge is -2.28. The second-order valence-corrected chi connectivity index (χ2v) is 9.57. The maximum Gasteiger partial charge on any atom is 0.317 e. The molecule has 2 aromatic carbocycles. The number of carboxylic acid groups (broad SMARTS) is 1. The number of aliphatic carboxylic acids is 1. The molecule has 39 heavy (non-hydrogen) atoms. The Labute approximate surface area is 224 Å². The first-order valence-corrected chi connectivity index (χ1v) is 12.5. The molecule has 0 saturated heterocycles. The molecule has 1 aromatic heterocycles. The van der Waals surface area contributed by atoms with Gasteiger partial charge < -0.3 is 20.5 Å². The van der Waals surface area contributed by atoms with Crippen molar-refractivity contribution in [3.8, 4) is 5.75 Å². The number of carbonyl (C=O) groups excluding carboxylic acids is 3. The van der Waals surface area contributed by atoms with E-state index in [2.05, 4.69) is 20.6 Å². The van der Waals surface area contributed by atoms with Crippen LogP contribution in [0.2, 0.25) is 0 Å². The molecule has 3 aromatic rings. The third-order valence-electron chi connectivity index (χ3n) is 6.83. The molecule has 3 N–H and O–H groups in total. The molecule has 1 aliphatic carbocycles. The summed E-state index contributed by atoms with van der Waals surface area (Å²) in [6.07, 6.45) is 2.75. The SMILES string of the molecule is CC(=O)c1ccc2c(c1)CCC2N(CC(=O)O)Cc1cc(C(=O)NCc2ccc3c(c2)NC(=O)CO3)ncn1. The van der Waals surface area contributed by atoms with Crippen LogP contribution in [0.4, 0.5) is 5.69 Å². The first-order chi connectivity index (χ1) is 18.8. The minimum absolute atomic E-state index is 0.0113. The fraction of sp³-hybridized carbons (Fsp3) is 0.286. The standard InChI is InChI=1S/C28H27N5O6/c1-16(34)18-3-5-21-19(9-18)4-6-24(21)33(13-27(36)37)12-20-10-23(31-15-30-20)28(38)29-11-17-2-7-25-22(8-17)32-26(35)14-39-25/h2-3,5,7-10,15,24H,4,6,11-14H2,1H3,(H,29,38)(H,32,35)(H,36,37). The lowest BCUT2D eigenvalue weighted by molar-refractivity contribution is -0.139. The summed E-state index contributed by atoms with van der Waals surface area (Å²) in [5.74, 6) is -1.06. The van der Waals surface area contributed by atoms with Crippen molar-refractivity contribution in [3.63, 3.8) is 0 Å². The zero-order chi connectivity index (χ0) is 27.5. The zero-order valence-electron chi connectivity index (χ0n) is 21.3. The number of aryl methyl sites for hydroxylation is 1. The number of amides is 2. The van der Waals surface area contributed by atoms with E-state index in [1.165, 1.54) is 13.3 Å². The van der Waals surface area contributed by atoms with Crippen LogP contribution in [-0.2, 0) is 29.1 Å². The van der Waals surface area contributed by atoms with Gasteiger partial charge in [-0.25, -0.2) is 9.97 Å². The Morgan fingerprint density at radius 3 is 2.79 bits per heavy atom. The third-order valence-corrected chi connectivity index (χ3v) is 6.83. The second kappa shape index (κ2) is 11.0. The Balaban J connectivity index is 1.28. The summed E-state index contributed by atoms with van der Waals surface area (Å²) < 4.78 is 5.35. The number of aromatic nitrogens is 2. The van der Waals surface area contributed by atoms with E-state index < -0.39 is 11.9 Å². The number of carboxylic acids is 1. The molecule has 5 rings (SSSR count). The first-order valence-electron chi connectivity index (χ1n) is 12.5. The van der Waals surface area contributed by atoms with Gasteiger partial charge in [-0.3, -0.25) is 24.1 Å². The molecule has 2 aliphatic rings. The molecular formula is C28H27N5O6. The molecule has 11 nitrogen and oxygen atoms in total. The average molecular weight is 530 g/mol. The van der Waals surface area contributed by atoms with Gasteiger partial charge in [0.15, 0.2) is 12.4 Å². The lowest BCUT2D eigenvalue weighted by Crippen LogP contribution is -2.33. The van der Waals surface area contributed by atoms with E-state index in [4.69, 9.17) is 4.74 Å². The van der Waals surface area contributed by atoms with Crippen molar-refractivity contribution in [2.75, 3.05) is 18.5 Å². The molecule has 0 bridgehead atoms. The smallest absolute Gasteiger partial charge is 0.317 e. The van der Waals surface area contributed by atoms with Crippen LogP contribution in [0.3, 0.4) is 0 Å². The lowest BCUT2D eigenvalue weighted by atomic mass is 10.0. The maximum atomic E-state index is 12.9. The van der Waals surface area contributed by atoms with Crippen molar-refractivity contribution in [2.45, 2.75) is 38.9 Å². The zero-order valence-corrected chi connectivity index (χ0v) is 21.3. The number of ether oxygens (including phenoxy) is 1. The Hall–Kier alpha value is -4.64. The predicted molar refractivity (Wildman–Crippen MR) is 139 cm³/mol. The summed E-state index contributed by atoms with van der Waals surface area (Å²) in [6, 6.07) is 12.2. The topological polar surface area (TPSA) is 151 Å². The van der Waals surface area contributed by atoms with Crippen molar-refractivity contribution in [2.24, 2.45) is 0 Å². The Morgan fingerprint density at radius 1 is 1.15 bits per heavy atom. The first kappa shape index (κ1) is 26.0. The number of nitrogens with one attached hydrogen (secondary N) is 2. The molecule has 2 heterocycles. The van der Waals surface area contributed by atoms with Crippen LogP contribution >= 0.6 is 0 Å². The molecule has 1 unspecified atom stereocenters. The van der Waals surface area contributed by atoms with Gasteiger partial charge >= 0.3 is 5.97 Å². The van der Waals surface area contributed by atoms with Gasteiger partial charge in [-0.05, 0) is 60.7 Å². The van der Waals surface area contributed by atoms with Crippen molar-refractivity contribution >= 4 is 29.3 Å². The summed E-state index contributed by atoms with van der Waals surface area (Å²) in [4.78, 5) is 58.1. The number of anilines is 1. The van der Waals surface area contributed by atoms with Gasteiger partial charge in [-0.1, -0.05) is 18.2 Å². The van der Waals surface area contributed by atoms with Gasteiger partial charge in [0.25, 0.3) is 11.8 Å². The van der Waals surface area contributed by atoms with Gasteiger partial charge in [0.1, 0.15) is 17.8 Å². The van der Waals surface area contributed by atoms with E-state index in [1.54, 1.807) is 30.3 Å². The molecular weight excluding hydrogens is 502 g/mol. The van der Waals surface area contributed by atoms with Crippen LogP contribution < -0.4 is 15.4 Å². The molecule has 0 fully saturated rings. The van der Waals surface area contributed by atoms with Gasteiger partial charge in [-0.2, -0.15) is 0 Å². The molecule has 0 spiro atoms. The number of fused-ring (bicyclic) bond motifs is 2. The number of nitrogens with zero attached hydrogens (tertiary/aromatic N) is 3. The third kappa shape index (κ3) is 5.93. The molecule has 2 amide bonds. The van der Waals surface area contributed by atoms with Gasteiger partial charge in [-0.15, -0.1) is 0 Å². The van der Waals surface area contributed by atoms with Crippen LogP contribution in [-0.4, -0.2) is 56.7 Å². The van der Waals surface area contributed by atoms with E-state index in [1.807, 2.05) is 17.0 Å². The summed E-state index contributed by atoms with van der Waals surface area (Å²) in [5, 5.41) is 15.1. The average Bonchev–Trinajstić information content (AvgIpc) is 3.34. The number of carbonyl (C=O) groups is 4. The quantitative estimate of drug-likeness (QED) is 0.355. The highest BCUT2D eigenvalue weighted by atomic mass is 16.5. The highest BCUT2D eigenvalue weighted by Gasteiger charge is 2.30. The van der Waals surface area contributed by atoms with E-state index in [9.17, 15) is 24.3 Å². The van der Waals surface area contributed by atoms with Crippen LogP contribution in [0, 0.1) is 0 Å². The molecule has 0 radical (unpaired) electrons. The number of rotatable bonds is 9. The van der Waals surface area contributed by atoms with Gasteiger partial charge in [0, 0.05) is 24.7 Å². The van der Waals surface area contributed by atoms with Crippen molar-refractivity contribution in [1.82, 2.24) is 20.2 Å². The summed E-state index contributed by atoms with van der Waals surface area (Å²) in [5.41, 5.74) is 4.66. The predicted octanol–water partition coefficient (Wildman–Crippen LogP) is 2.51. The normalized spacial score (nSPS) is 15.6. The van der Waals surface area contributed by atoms with Gasteiger partial charge in [0.05, 0.1) is 17.9 Å². The fourth-order valence-electron chi connectivity index (χ4n) is 4.97. The van der Waals surface area contributed by atoms with E-state index in [-0.39, 0.29) is 49.7 Å². The Bertz CT molecular complexity index is 1470. The Kier molecular flexibility index (Phi) is 7.33. The minimum atomic E-state index is -0.970. The monoisotopic (exact) mass is 529 g/mol. The summed E-state index contributed by atoms with van der Waals surface area (Å²) in [7, 11) is 0. The van der Waals surface area contributed by atoms with Crippen molar-refractivity contribution in [1.29, 1.82) is 0 Å². The van der Waals surface area contributed by atoms with E-state index in [0.29, 0.717) is 29.1 Å².